The third-order valence-corrected chi connectivity index (χ3v) is 9.16. The first-order valence-electron chi connectivity index (χ1n) is 13.4. The number of ether oxygens (including phenoxy) is 1. The van der Waals surface area contributed by atoms with Gasteiger partial charge in [0.25, 0.3) is 0 Å². The molecular weight excluding hydrogens is 514 g/mol. The first-order chi connectivity index (χ1) is 18.7. The van der Waals surface area contributed by atoms with Gasteiger partial charge in [-0.25, -0.2) is 8.42 Å². The summed E-state index contributed by atoms with van der Waals surface area (Å²) < 4.78 is 33.3. The quantitative estimate of drug-likeness (QED) is 0.383. The molecule has 3 aromatic carbocycles. The maximum atomic E-state index is 13.8. The molecule has 1 aliphatic rings. The first-order valence-corrected chi connectivity index (χ1v) is 14.8. The lowest BCUT2D eigenvalue weighted by Crippen LogP contribution is -2.53. The highest BCUT2D eigenvalue weighted by Crippen LogP contribution is 2.23. The van der Waals surface area contributed by atoms with Crippen molar-refractivity contribution in [3.63, 3.8) is 0 Å². The first kappa shape index (κ1) is 28.6. The Labute approximate surface area is 231 Å². The third-order valence-electron chi connectivity index (χ3n) is 7.36. The molecule has 3 aromatic rings. The predicted octanol–water partition coefficient (Wildman–Crippen LogP) is 4.34. The van der Waals surface area contributed by atoms with Crippen LogP contribution in [0.1, 0.15) is 44.6 Å². The molecule has 208 valence electrons. The van der Waals surface area contributed by atoms with E-state index in [2.05, 4.69) is 5.32 Å². The van der Waals surface area contributed by atoms with Crippen LogP contribution in [0, 0.1) is 0 Å². The SMILES string of the molecule is CC[C@H](C(=O)NC1CCCC1)N(Cc1cccc(OC)c1)C(=O)CN(C)S(=O)(=O)c1ccc2ccccc2c1. The Balaban J connectivity index is 1.58. The Hall–Kier alpha value is -3.43. The lowest BCUT2D eigenvalue weighted by molar-refractivity contribution is -0.141. The van der Waals surface area contributed by atoms with Gasteiger partial charge in [0.15, 0.2) is 0 Å². The Morgan fingerprint density at radius 1 is 1.00 bits per heavy atom. The molecule has 0 saturated heterocycles. The molecule has 1 saturated carbocycles. The van der Waals surface area contributed by atoms with E-state index in [9.17, 15) is 18.0 Å². The van der Waals surface area contributed by atoms with Gasteiger partial charge in [-0.2, -0.15) is 4.31 Å². The molecule has 0 aliphatic heterocycles. The number of amides is 2. The van der Waals surface area contributed by atoms with Crippen LogP contribution in [0.5, 0.6) is 5.75 Å². The third kappa shape index (κ3) is 6.78. The summed E-state index contributed by atoms with van der Waals surface area (Å²) in [5.74, 6) is -0.0156. The van der Waals surface area contributed by atoms with E-state index in [0.717, 1.165) is 46.3 Å². The summed E-state index contributed by atoms with van der Waals surface area (Å²) >= 11 is 0. The Morgan fingerprint density at radius 2 is 1.72 bits per heavy atom. The molecule has 39 heavy (non-hydrogen) atoms. The number of likely N-dealkylation sites (N-methyl/N-ethyl adjacent to an activating group) is 1. The zero-order valence-corrected chi connectivity index (χ0v) is 23.6. The zero-order chi connectivity index (χ0) is 28.0. The van der Waals surface area contributed by atoms with Crippen molar-refractivity contribution in [1.29, 1.82) is 0 Å². The van der Waals surface area contributed by atoms with Crippen molar-refractivity contribution in [3.05, 3.63) is 72.3 Å². The number of rotatable bonds is 11. The molecule has 4 rings (SSSR count). The van der Waals surface area contributed by atoms with Crippen LogP contribution < -0.4 is 10.1 Å². The molecule has 0 spiro atoms. The van der Waals surface area contributed by atoms with Gasteiger partial charge in [-0.1, -0.05) is 62.2 Å². The second kappa shape index (κ2) is 12.6. The number of hydrogen-bond donors (Lipinski definition) is 1. The smallest absolute Gasteiger partial charge is 0.243 e. The van der Waals surface area contributed by atoms with Gasteiger partial charge in [0, 0.05) is 19.6 Å². The van der Waals surface area contributed by atoms with Crippen molar-refractivity contribution in [3.8, 4) is 5.75 Å². The molecule has 8 nitrogen and oxygen atoms in total. The summed E-state index contributed by atoms with van der Waals surface area (Å²) in [4.78, 5) is 28.7. The molecular formula is C30H37N3O5S. The highest BCUT2D eigenvalue weighted by atomic mass is 32.2. The fourth-order valence-electron chi connectivity index (χ4n) is 5.13. The van der Waals surface area contributed by atoms with Crippen molar-refractivity contribution >= 4 is 32.6 Å². The van der Waals surface area contributed by atoms with E-state index in [1.165, 1.54) is 11.9 Å². The maximum absolute atomic E-state index is 13.8. The Kier molecular flexibility index (Phi) is 9.24. The molecule has 0 radical (unpaired) electrons. The van der Waals surface area contributed by atoms with Crippen molar-refractivity contribution in [2.75, 3.05) is 20.7 Å². The minimum absolute atomic E-state index is 0.108. The molecule has 1 atom stereocenters. The monoisotopic (exact) mass is 551 g/mol. The van der Waals surface area contributed by atoms with Crippen molar-refractivity contribution in [1.82, 2.24) is 14.5 Å². The van der Waals surface area contributed by atoms with Gasteiger partial charge in [0.1, 0.15) is 11.8 Å². The predicted molar refractivity (Wildman–Crippen MR) is 152 cm³/mol. The molecule has 1 fully saturated rings. The van der Waals surface area contributed by atoms with Crippen LogP contribution in [0.25, 0.3) is 10.8 Å². The minimum atomic E-state index is -3.95. The van der Waals surface area contributed by atoms with Gasteiger partial charge in [-0.15, -0.1) is 0 Å². The van der Waals surface area contributed by atoms with Gasteiger partial charge in [0.05, 0.1) is 18.6 Å². The van der Waals surface area contributed by atoms with Gasteiger partial charge in [-0.3, -0.25) is 9.59 Å². The second-order valence-corrected chi connectivity index (χ2v) is 12.1. The van der Waals surface area contributed by atoms with Gasteiger partial charge < -0.3 is 15.0 Å². The molecule has 1 N–H and O–H groups in total. The number of nitrogens with zero attached hydrogens (tertiary/aromatic N) is 2. The Morgan fingerprint density at radius 3 is 2.41 bits per heavy atom. The van der Waals surface area contributed by atoms with Crippen LogP contribution in [0.4, 0.5) is 0 Å². The molecule has 0 unspecified atom stereocenters. The van der Waals surface area contributed by atoms with E-state index in [1.54, 1.807) is 25.3 Å². The van der Waals surface area contributed by atoms with E-state index in [4.69, 9.17) is 4.74 Å². The lowest BCUT2D eigenvalue weighted by atomic mass is 10.1. The number of hydrogen-bond acceptors (Lipinski definition) is 5. The molecule has 2 amide bonds. The van der Waals surface area contributed by atoms with Crippen LogP contribution in [0.2, 0.25) is 0 Å². The molecule has 0 bridgehead atoms. The summed E-state index contributed by atoms with van der Waals surface area (Å²) in [6.07, 6.45) is 4.41. The standard InChI is InChI=1S/C30H37N3O5S/c1-4-28(30(35)31-25-13-7-8-14-25)33(20-22-10-9-15-26(18-22)38-3)29(34)21-32(2)39(36,37)27-17-16-23-11-5-6-12-24(23)19-27/h5-6,9-12,15-19,25,28H,4,7-8,13-14,20-21H2,1-3H3,(H,31,35)/t28-/m1/s1. The topological polar surface area (TPSA) is 96.0 Å². The maximum Gasteiger partial charge on any atom is 0.243 e. The van der Waals surface area contributed by atoms with Gasteiger partial charge >= 0.3 is 0 Å². The van der Waals surface area contributed by atoms with Crippen molar-refractivity contribution in [2.45, 2.75) is 62.6 Å². The molecule has 0 aromatic heterocycles. The summed E-state index contributed by atoms with van der Waals surface area (Å²) in [5.41, 5.74) is 0.787. The molecule has 1 aliphatic carbocycles. The largest absolute Gasteiger partial charge is 0.497 e. The number of benzene rings is 3. The number of sulfonamides is 1. The summed E-state index contributed by atoms with van der Waals surface area (Å²) in [6.45, 7) is 1.61. The van der Waals surface area contributed by atoms with Crippen molar-refractivity contribution < 1.29 is 22.7 Å². The lowest BCUT2D eigenvalue weighted by Gasteiger charge is -2.32. The minimum Gasteiger partial charge on any atom is -0.497 e. The number of nitrogens with one attached hydrogen (secondary N) is 1. The molecule has 0 heterocycles. The number of carbonyl (C=O) groups is 2. The highest BCUT2D eigenvalue weighted by Gasteiger charge is 2.33. The fraction of sp³-hybridized carbons (Fsp3) is 0.400. The van der Waals surface area contributed by atoms with Crippen LogP contribution >= 0.6 is 0 Å². The zero-order valence-electron chi connectivity index (χ0n) is 22.8. The summed E-state index contributed by atoms with van der Waals surface area (Å²) in [5, 5.41) is 4.84. The normalized spacial score (nSPS) is 14.9. The second-order valence-electron chi connectivity index (χ2n) is 10.1. The van der Waals surface area contributed by atoms with Crippen LogP contribution in [-0.4, -0.2) is 62.2 Å². The average molecular weight is 552 g/mol. The van der Waals surface area contributed by atoms with Crippen molar-refractivity contribution in [2.24, 2.45) is 0 Å². The summed E-state index contributed by atoms with van der Waals surface area (Å²) in [7, 11) is -0.986. The van der Waals surface area contributed by atoms with E-state index in [-0.39, 0.29) is 23.4 Å². The van der Waals surface area contributed by atoms with Gasteiger partial charge in [0.2, 0.25) is 21.8 Å². The summed E-state index contributed by atoms with van der Waals surface area (Å²) in [6, 6.07) is 19.1. The number of fused-ring (bicyclic) bond motifs is 1. The fourth-order valence-corrected chi connectivity index (χ4v) is 6.28. The van der Waals surface area contributed by atoms with E-state index in [0.29, 0.717) is 12.2 Å². The van der Waals surface area contributed by atoms with E-state index in [1.807, 2.05) is 55.5 Å². The van der Waals surface area contributed by atoms with Crippen LogP contribution in [0.15, 0.2) is 71.6 Å². The van der Waals surface area contributed by atoms with Crippen LogP contribution in [-0.2, 0) is 26.2 Å². The van der Waals surface area contributed by atoms with Crippen LogP contribution in [0.3, 0.4) is 0 Å². The van der Waals surface area contributed by atoms with Gasteiger partial charge in [-0.05, 0) is 59.9 Å². The number of carbonyl (C=O) groups excluding carboxylic acids is 2. The van der Waals surface area contributed by atoms with E-state index < -0.39 is 28.5 Å². The van der Waals surface area contributed by atoms with E-state index >= 15 is 0 Å². The number of methoxy groups -OCH3 is 1. The average Bonchev–Trinajstić information content (AvgIpc) is 3.45. The highest BCUT2D eigenvalue weighted by molar-refractivity contribution is 7.89. The Bertz CT molecular complexity index is 1420. The molecule has 9 heteroatoms.